The number of hydrogen-bond donors (Lipinski definition) is 0. The largest absolute Gasteiger partial charge is 0.299 e. The minimum atomic E-state index is 0.161. The van der Waals surface area contributed by atoms with Crippen LogP contribution in [0.25, 0.3) is 0 Å². The van der Waals surface area contributed by atoms with Gasteiger partial charge in [-0.05, 0) is 91.3 Å². The molecule has 0 saturated heterocycles. The van der Waals surface area contributed by atoms with Crippen LogP contribution in [0.4, 0.5) is 0 Å². The minimum Gasteiger partial charge on any atom is -0.299 e. The molecule has 0 aromatic rings. The van der Waals surface area contributed by atoms with Crippen LogP contribution in [0.15, 0.2) is 0 Å². The van der Waals surface area contributed by atoms with E-state index in [0.29, 0.717) is 22.7 Å². The molecule has 0 aliphatic heterocycles. The third kappa shape index (κ3) is 2.21. The van der Waals surface area contributed by atoms with Crippen molar-refractivity contribution in [2.45, 2.75) is 98.8 Å². The fourth-order valence-electron chi connectivity index (χ4n) is 9.72. The first-order valence-electron chi connectivity index (χ1n) is 12.3. The first-order chi connectivity index (χ1) is 12.8. The molecule has 5 aliphatic carbocycles. The average Bonchev–Trinajstić information content (AvgIpc) is 3.08. The van der Waals surface area contributed by atoms with E-state index in [4.69, 9.17) is 0 Å². The van der Waals surface area contributed by atoms with Crippen LogP contribution >= 0.6 is 0 Å². The number of ketones is 1. The van der Waals surface area contributed by atoms with E-state index in [1.807, 2.05) is 0 Å². The van der Waals surface area contributed by atoms with E-state index in [9.17, 15) is 4.79 Å². The molecule has 0 aromatic carbocycles. The fraction of sp³-hybridized carbons (Fsp3) is 0.962. The maximum atomic E-state index is 13.8. The summed E-state index contributed by atoms with van der Waals surface area (Å²) in [6.07, 6.45) is 13.6. The number of hydrogen-bond acceptors (Lipinski definition) is 1. The third-order valence-electron chi connectivity index (χ3n) is 11.2. The zero-order chi connectivity index (χ0) is 19.2. The fourth-order valence-corrected chi connectivity index (χ4v) is 9.72. The molecule has 5 saturated carbocycles. The molecule has 1 spiro atoms. The topological polar surface area (TPSA) is 17.1 Å². The van der Waals surface area contributed by atoms with Crippen molar-refractivity contribution in [3.8, 4) is 0 Å². The smallest absolute Gasteiger partial charge is 0.143 e. The molecule has 0 bridgehead atoms. The van der Waals surface area contributed by atoms with Gasteiger partial charge in [0.25, 0.3) is 0 Å². The van der Waals surface area contributed by atoms with Crippen LogP contribution < -0.4 is 0 Å². The highest BCUT2D eigenvalue weighted by atomic mass is 16.1. The van der Waals surface area contributed by atoms with Gasteiger partial charge in [0.05, 0.1) is 0 Å². The zero-order valence-corrected chi connectivity index (χ0v) is 18.5. The zero-order valence-electron chi connectivity index (χ0n) is 18.5. The van der Waals surface area contributed by atoms with Gasteiger partial charge in [0, 0.05) is 11.3 Å². The first kappa shape index (κ1) is 18.7. The van der Waals surface area contributed by atoms with Crippen molar-refractivity contribution in [2.24, 2.45) is 57.7 Å². The van der Waals surface area contributed by atoms with E-state index in [1.54, 1.807) is 0 Å². The molecule has 1 nitrogen and oxygen atoms in total. The van der Waals surface area contributed by atoms with Gasteiger partial charge in [-0.25, -0.2) is 0 Å². The Balaban J connectivity index is 1.36. The quantitative estimate of drug-likeness (QED) is 0.514. The summed E-state index contributed by atoms with van der Waals surface area (Å²) in [5, 5.41) is 0. The molecule has 5 rings (SSSR count). The molecule has 9 atom stereocenters. The van der Waals surface area contributed by atoms with Crippen molar-refractivity contribution in [1.29, 1.82) is 0 Å². The van der Waals surface area contributed by atoms with Gasteiger partial charge in [-0.1, -0.05) is 53.9 Å². The van der Waals surface area contributed by atoms with Crippen molar-refractivity contribution in [3.63, 3.8) is 0 Å². The molecule has 5 aliphatic rings. The Morgan fingerprint density at radius 2 is 1.74 bits per heavy atom. The lowest BCUT2D eigenvalue weighted by Crippen LogP contribution is -2.45. The van der Waals surface area contributed by atoms with Crippen LogP contribution in [-0.4, -0.2) is 5.78 Å². The summed E-state index contributed by atoms with van der Waals surface area (Å²) < 4.78 is 0. The van der Waals surface area contributed by atoms with Crippen LogP contribution in [0.1, 0.15) is 98.8 Å². The summed E-state index contributed by atoms with van der Waals surface area (Å²) in [5.74, 6) is 5.96. The Morgan fingerprint density at radius 3 is 2.44 bits per heavy atom. The summed E-state index contributed by atoms with van der Waals surface area (Å²) in [6, 6.07) is 0. The molecule has 5 fully saturated rings. The van der Waals surface area contributed by atoms with E-state index in [1.165, 1.54) is 64.2 Å². The van der Waals surface area contributed by atoms with E-state index in [2.05, 4.69) is 34.6 Å². The maximum absolute atomic E-state index is 13.8. The Labute approximate surface area is 167 Å². The van der Waals surface area contributed by atoms with Gasteiger partial charge in [0.2, 0.25) is 0 Å². The third-order valence-corrected chi connectivity index (χ3v) is 11.2. The maximum Gasteiger partial charge on any atom is 0.143 e. The Bertz CT molecular complexity index is 636. The van der Waals surface area contributed by atoms with Gasteiger partial charge in [0.15, 0.2) is 0 Å². The van der Waals surface area contributed by atoms with Crippen LogP contribution in [-0.2, 0) is 4.79 Å². The highest BCUT2D eigenvalue weighted by Crippen LogP contribution is 2.83. The number of Topliss-reactive ketones (excluding diaryl/α,β-unsaturated/α-hetero) is 1. The summed E-state index contributed by atoms with van der Waals surface area (Å²) in [6.45, 7) is 12.4. The molecule has 0 aromatic heterocycles. The molecular weight excluding hydrogens is 328 g/mol. The van der Waals surface area contributed by atoms with E-state index in [-0.39, 0.29) is 5.41 Å². The second-order valence-corrected chi connectivity index (χ2v) is 12.5. The lowest BCUT2D eigenvalue weighted by Gasteiger charge is -2.50. The van der Waals surface area contributed by atoms with Gasteiger partial charge in [-0.3, -0.25) is 4.79 Å². The monoisotopic (exact) mass is 370 g/mol. The summed E-state index contributed by atoms with van der Waals surface area (Å²) in [7, 11) is 0. The highest BCUT2D eigenvalue weighted by molar-refractivity contribution is 5.95. The van der Waals surface area contributed by atoms with Crippen LogP contribution in [0.3, 0.4) is 0 Å². The SMILES string of the molecule is CC(C)CCCC(C)C1CCC2C3C(=O)C45CC4CCC5(C)C3CCC12C. The molecule has 152 valence electrons. The highest BCUT2D eigenvalue weighted by Gasteiger charge is 2.81. The van der Waals surface area contributed by atoms with Gasteiger partial charge in [-0.15, -0.1) is 0 Å². The molecule has 1 heteroatoms. The Kier molecular flexibility index (Phi) is 4.05. The number of fused-ring (bicyclic) bond motifs is 4. The molecular formula is C26H42O. The minimum absolute atomic E-state index is 0.161. The van der Waals surface area contributed by atoms with Crippen LogP contribution in [0, 0.1) is 57.7 Å². The lowest BCUT2D eigenvalue weighted by atomic mass is 9.54. The van der Waals surface area contributed by atoms with Crippen molar-refractivity contribution in [3.05, 3.63) is 0 Å². The Morgan fingerprint density at radius 1 is 0.963 bits per heavy atom. The predicted molar refractivity (Wildman–Crippen MR) is 111 cm³/mol. The average molecular weight is 371 g/mol. The second-order valence-electron chi connectivity index (χ2n) is 12.5. The number of carbonyl (C=O) groups is 1. The summed E-state index contributed by atoms with van der Waals surface area (Å²) in [5.41, 5.74) is 0.986. The molecule has 9 unspecified atom stereocenters. The molecule has 27 heavy (non-hydrogen) atoms. The van der Waals surface area contributed by atoms with E-state index >= 15 is 0 Å². The van der Waals surface area contributed by atoms with Crippen molar-refractivity contribution < 1.29 is 4.79 Å². The van der Waals surface area contributed by atoms with E-state index in [0.717, 1.165) is 35.4 Å². The van der Waals surface area contributed by atoms with Crippen LogP contribution in [0.5, 0.6) is 0 Å². The van der Waals surface area contributed by atoms with Crippen molar-refractivity contribution >= 4 is 5.78 Å². The van der Waals surface area contributed by atoms with Gasteiger partial charge in [-0.2, -0.15) is 0 Å². The van der Waals surface area contributed by atoms with E-state index < -0.39 is 0 Å². The number of rotatable bonds is 5. The molecule has 0 N–H and O–H groups in total. The van der Waals surface area contributed by atoms with Gasteiger partial charge in [0.1, 0.15) is 5.78 Å². The standard InChI is InChI=1S/C26H42O/c1-16(2)7-6-8-17(3)19-9-10-20-22-21(12-13-24(19,20)4)25(5)14-11-18-15-26(18,25)23(22)27/h16-22H,6-15H2,1-5H3. The van der Waals surface area contributed by atoms with Gasteiger partial charge < -0.3 is 0 Å². The summed E-state index contributed by atoms with van der Waals surface area (Å²) >= 11 is 0. The van der Waals surface area contributed by atoms with Crippen LogP contribution in [0.2, 0.25) is 0 Å². The first-order valence-corrected chi connectivity index (χ1v) is 12.3. The normalized spacial score (nSPS) is 53.9. The molecule has 0 amide bonds. The second kappa shape index (κ2) is 5.85. The Hall–Kier alpha value is -0.330. The van der Waals surface area contributed by atoms with Gasteiger partial charge >= 0.3 is 0 Å². The van der Waals surface area contributed by atoms with Crippen molar-refractivity contribution in [2.75, 3.05) is 0 Å². The van der Waals surface area contributed by atoms with Crippen molar-refractivity contribution in [1.82, 2.24) is 0 Å². The predicted octanol–water partition coefficient (Wildman–Crippen LogP) is 6.90. The molecule has 0 radical (unpaired) electrons. The lowest BCUT2D eigenvalue weighted by molar-refractivity contribution is -0.130. The number of carbonyl (C=O) groups excluding carboxylic acids is 1. The summed E-state index contributed by atoms with van der Waals surface area (Å²) in [4.78, 5) is 13.8. The molecule has 0 heterocycles.